The first kappa shape index (κ1) is 19.5. The zero-order valence-electron chi connectivity index (χ0n) is 16.7. The van der Waals surface area contributed by atoms with Crippen LogP contribution in [0.3, 0.4) is 0 Å². The van der Waals surface area contributed by atoms with Gasteiger partial charge in [0.25, 0.3) is 5.56 Å². The van der Waals surface area contributed by atoms with Crippen molar-refractivity contribution in [2.24, 2.45) is 0 Å². The average molecular weight is 406 g/mol. The number of nitrogens with zero attached hydrogens (tertiary/aromatic N) is 4. The lowest BCUT2D eigenvalue weighted by Gasteiger charge is -2.09. The summed E-state index contributed by atoms with van der Waals surface area (Å²) < 4.78 is 21.5. The third kappa shape index (κ3) is 3.47. The van der Waals surface area contributed by atoms with Crippen molar-refractivity contribution in [1.29, 1.82) is 0 Å². The maximum atomic E-state index is 13.6. The van der Waals surface area contributed by atoms with Crippen LogP contribution in [0.15, 0.2) is 53.7 Å². The highest BCUT2D eigenvalue weighted by Crippen LogP contribution is 2.21. The van der Waals surface area contributed by atoms with Crippen molar-refractivity contribution in [3.05, 3.63) is 81.8 Å². The van der Waals surface area contributed by atoms with Crippen molar-refractivity contribution in [2.45, 2.75) is 20.4 Å². The summed E-state index contributed by atoms with van der Waals surface area (Å²) in [5.41, 5.74) is 2.99. The number of aromatic nitrogens is 4. The van der Waals surface area contributed by atoms with Crippen LogP contribution in [0, 0.1) is 19.7 Å². The summed E-state index contributed by atoms with van der Waals surface area (Å²) in [6.07, 6.45) is 2.74. The lowest BCUT2D eigenvalue weighted by atomic mass is 10.1. The molecule has 0 bridgehead atoms. The number of Topliss-reactive ketones (excluding diaryl/α,β-unsaturated/α-hetero) is 1. The second kappa shape index (κ2) is 7.55. The molecule has 0 fully saturated rings. The van der Waals surface area contributed by atoms with Crippen LogP contribution in [-0.2, 0) is 6.54 Å². The van der Waals surface area contributed by atoms with Crippen molar-refractivity contribution in [3.63, 3.8) is 0 Å². The van der Waals surface area contributed by atoms with Crippen LogP contribution in [-0.4, -0.2) is 32.2 Å². The standard InChI is InChI=1S/C22H19FN4O3/c1-13-6-14(2)8-16(7-13)27-21-18(10-25-27)22(29)26(12-24-21)11-19(28)17-9-15(23)4-5-20(17)30-3/h4-10,12H,11H2,1-3H3. The summed E-state index contributed by atoms with van der Waals surface area (Å²) in [6.45, 7) is 3.67. The van der Waals surface area contributed by atoms with Gasteiger partial charge in [-0.3, -0.25) is 14.2 Å². The Labute approximate surface area is 171 Å². The van der Waals surface area contributed by atoms with Gasteiger partial charge in [-0.1, -0.05) is 6.07 Å². The molecule has 4 aromatic rings. The van der Waals surface area contributed by atoms with Crippen LogP contribution in [0.4, 0.5) is 4.39 Å². The molecule has 2 aromatic heterocycles. The highest BCUT2D eigenvalue weighted by Gasteiger charge is 2.17. The van der Waals surface area contributed by atoms with Gasteiger partial charge < -0.3 is 4.74 Å². The fraction of sp³-hybridized carbons (Fsp3) is 0.182. The molecule has 7 nitrogen and oxygen atoms in total. The number of methoxy groups -OCH3 is 1. The maximum absolute atomic E-state index is 13.6. The molecule has 8 heteroatoms. The molecule has 0 aliphatic carbocycles. The van der Waals surface area contributed by atoms with Crippen molar-refractivity contribution in [2.75, 3.05) is 7.11 Å². The van der Waals surface area contributed by atoms with E-state index in [-0.39, 0.29) is 23.2 Å². The van der Waals surface area contributed by atoms with E-state index in [9.17, 15) is 14.0 Å². The average Bonchev–Trinajstić information content (AvgIpc) is 3.14. The van der Waals surface area contributed by atoms with Crippen molar-refractivity contribution in [3.8, 4) is 11.4 Å². The number of halogens is 1. The Morgan fingerprint density at radius 3 is 2.57 bits per heavy atom. The Morgan fingerprint density at radius 1 is 1.13 bits per heavy atom. The van der Waals surface area contributed by atoms with Gasteiger partial charge in [0.15, 0.2) is 11.4 Å². The quantitative estimate of drug-likeness (QED) is 0.476. The summed E-state index contributed by atoms with van der Waals surface area (Å²) in [7, 11) is 1.39. The molecule has 0 atom stereocenters. The molecule has 0 radical (unpaired) electrons. The van der Waals surface area contributed by atoms with E-state index in [0.717, 1.165) is 22.9 Å². The van der Waals surface area contributed by atoms with Crippen LogP contribution >= 0.6 is 0 Å². The Kier molecular flexibility index (Phi) is 4.91. The Balaban J connectivity index is 1.73. The number of carbonyl (C=O) groups excluding carboxylic acids is 1. The molecular formula is C22H19FN4O3. The van der Waals surface area contributed by atoms with E-state index in [0.29, 0.717) is 5.65 Å². The molecule has 0 saturated carbocycles. The third-order valence-electron chi connectivity index (χ3n) is 4.78. The number of hydrogen-bond acceptors (Lipinski definition) is 5. The Morgan fingerprint density at radius 2 is 1.87 bits per heavy atom. The first-order chi connectivity index (χ1) is 14.4. The molecule has 0 unspecified atom stereocenters. The van der Waals surface area contributed by atoms with Crippen molar-refractivity contribution < 1.29 is 13.9 Å². The van der Waals surface area contributed by atoms with E-state index in [1.54, 1.807) is 4.68 Å². The van der Waals surface area contributed by atoms with Crippen LogP contribution in [0.5, 0.6) is 5.75 Å². The molecule has 0 aliphatic heterocycles. The van der Waals surface area contributed by atoms with E-state index >= 15 is 0 Å². The number of aryl methyl sites for hydroxylation is 2. The fourth-order valence-electron chi connectivity index (χ4n) is 3.46. The van der Waals surface area contributed by atoms with Gasteiger partial charge in [0.1, 0.15) is 23.3 Å². The summed E-state index contributed by atoms with van der Waals surface area (Å²) >= 11 is 0. The minimum atomic E-state index is -0.560. The number of hydrogen-bond donors (Lipinski definition) is 0. The van der Waals surface area contributed by atoms with E-state index in [2.05, 4.69) is 10.1 Å². The molecule has 4 rings (SSSR count). The Bertz CT molecular complexity index is 1320. The predicted molar refractivity (Wildman–Crippen MR) is 110 cm³/mol. The molecule has 0 spiro atoms. The zero-order chi connectivity index (χ0) is 21.4. The third-order valence-corrected chi connectivity index (χ3v) is 4.78. The van der Waals surface area contributed by atoms with Gasteiger partial charge in [0.2, 0.25) is 0 Å². The SMILES string of the molecule is COc1ccc(F)cc1C(=O)Cn1cnc2c(cnn2-c2cc(C)cc(C)c2)c1=O. The summed E-state index contributed by atoms with van der Waals surface area (Å²) in [5, 5.41) is 4.60. The van der Waals surface area contributed by atoms with Crippen LogP contribution in [0.25, 0.3) is 16.7 Å². The normalized spacial score (nSPS) is 11.1. The minimum absolute atomic E-state index is 0.0652. The molecule has 2 heterocycles. The van der Waals surface area contributed by atoms with Gasteiger partial charge in [-0.05, 0) is 55.3 Å². The first-order valence-corrected chi connectivity index (χ1v) is 9.26. The molecule has 152 valence electrons. The molecule has 0 N–H and O–H groups in total. The van der Waals surface area contributed by atoms with Gasteiger partial charge in [-0.25, -0.2) is 14.1 Å². The first-order valence-electron chi connectivity index (χ1n) is 9.26. The number of fused-ring (bicyclic) bond motifs is 1. The van der Waals surface area contributed by atoms with E-state index in [1.165, 1.54) is 36.3 Å². The smallest absolute Gasteiger partial charge is 0.264 e. The topological polar surface area (TPSA) is 79.0 Å². The van der Waals surface area contributed by atoms with Crippen LogP contribution in [0.1, 0.15) is 21.5 Å². The van der Waals surface area contributed by atoms with Crippen LogP contribution < -0.4 is 10.3 Å². The summed E-state index contributed by atoms with van der Waals surface area (Å²) in [4.78, 5) is 29.9. The maximum Gasteiger partial charge on any atom is 0.264 e. The molecule has 0 aliphatic rings. The molecule has 30 heavy (non-hydrogen) atoms. The predicted octanol–water partition coefficient (Wildman–Crippen LogP) is 3.23. The number of carbonyl (C=O) groups is 1. The van der Waals surface area contributed by atoms with Gasteiger partial charge in [-0.2, -0.15) is 5.10 Å². The summed E-state index contributed by atoms with van der Waals surface area (Å²) in [6, 6.07) is 9.62. The molecule has 0 saturated heterocycles. The number of ketones is 1. The number of benzene rings is 2. The van der Waals surface area contributed by atoms with E-state index in [1.807, 2.05) is 32.0 Å². The molecule has 2 aromatic carbocycles. The van der Waals surface area contributed by atoms with Gasteiger partial charge >= 0.3 is 0 Å². The fourth-order valence-corrected chi connectivity index (χ4v) is 3.46. The molecular weight excluding hydrogens is 387 g/mol. The van der Waals surface area contributed by atoms with Gasteiger partial charge in [0, 0.05) is 0 Å². The minimum Gasteiger partial charge on any atom is -0.496 e. The van der Waals surface area contributed by atoms with E-state index in [4.69, 9.17) is 4.74 Å². The highest BCUT2D eigenvalue weighted by molar-refractivity contribution is 5.98. The van der Waals surface area contributed by atoms with Gasteiger partial charge in [-0.15, -0.1) is 0 Å². The molecule has 0 amide bonds. The van der Waals surface area contributed by atoms with Crippen LogP contribution in [0.2, 0.25) is 0 Å². The second-order valence-corrected chi connectivity index (χ2v) is 7.08. The zero-order valence-corrected chi connectivity index (χ0v) is 16.7. The van der Waals surface area contributed by atoms with Crippen molar-refractivity contribution in [1.82, 2.24) is 19.3 Å². The van der Waals surface area contributed by atoms with Crippen molar-refractivity contribution >= 4 is 16.8 Å². The van der Waals surface area contributed by atoms with E-state index < -0.39 is 17.2 Å². The largest absolute Gasteiger partial charge is 0.496 e. The number of rotatable bonds is 5. The summed E-state index contributed by atoms with van der Waals surface area (Å²) in [5.74, 6) is -0.780. The second-order valence-electron chi connectivity index (χ2n) is 7.08. The lowest BCUT2D eigenvalue weighted by Crippen LogP contribution is -2.25. The monoisotopic (exact) mass is 406 g/mol. The number of ether oxygens (including phenoxy) is 1. The Hall–Kier alpha value is -3.81. The van der Waals surface area contributed by atoms with Gasteiger partial charge in [0.05, 0.1) is 31.1 Å². The lowest BCUT2D eigenvalue weighted by molar-refractivity contribution is 0.0967. The highest BCUT2D eigenvalue weighted by atomic mass is 19.1.